The van der Waals surface area contributed by atoms with E-state index in [9.17, 15) is 14.0 Å². The van der Waals surface area contributed by atoms with Gasteiger partial charge >= 0.3 is 0 Å². The van der Waals surface area contributed by atoms with Gasteiger partial charge in [0.2, 0.25) is 5.91 Å². The molecule has 1 aliphatic heterocycles. The number of carbonyl (C=O) groups is 2. The van der Waals surface area contributed by atoms with Crippen LogP contribution in [0.25, 0.3) is 0 Å². The van der Waals surface area contributed by atoms with Crippen molar-refractivity contribution < 1.29 is 14.0 Å². The third-order valence-corrected chi connectivity index (χ3v) is 4.07. The summed E-state index contributed by atoms with van der Waals surface area (Å²) in [6.07, 6.45) is 0. The third-order valence-electron chi connectivity index (χ3n) is 4.07. The Morgan fingerprint density at radius 2 is 1.82 bits per heavy atom. The van der Waals surface area contributed by atoms with E-state index in [0.717, 1.165) is 0 Å². The number of nitrogens with zero attached hydrogens (tertiary/aromatic N) is 2. The predicted molar refractivity (Wildman–Crippen MR) is 81.8 cm³/mol. The molecular formula is C16H22FN3O2. The second kappa shape index (κ2) is 6.87. The quantitative estimate of drug-likeness (QED) is 0.906. The molecule has 22 heavy (non-hydrogen) atoms. The Morgan fingerprint density at radius 3 is 2.36 bits per heavy atom. The van der Waals surface area contributed by atoms with Crippen LogP contribution in [-0.4, -0.2) is 54.3 Å². The topological polar surface area (TPSA) is 66.6 Å². The molecule has 0 spiro atoms. The van der Waals surface area contributed by atoms with E-state index in [2.05, 4.69) is 0 Å². The Hall–Kier alpha value is -1.95. The number of aryl methyl sites for hydroxylation is 1. The van der Waals surface area contributed by atoms with E-state index in [1.54, 1.807) is 35.8 Å². The van der Waals surface area contributed by atoms with Crippen LogP contribution in [0.3, 0.4) is 0 Å². The van der Waals surface area contributed by atoms with E-state index in [0.29, 0.717) is 43.9 Å². The first-order chi connectivity index (χ1) is 10.4. The zero-order chi connectivity index (χ0) is 16.3. The van der Waals surface area contributed by atoms with Crippen molar-refractivity contribution in [1.82, 2.24) is 9.80 Å². The lowest BCUT2D eigenvalue weighted by molar-refractivity contribution is -0.136. The molecule has 2 N–H and O–H groups in total. The van der Waals surface area contributed by atoms with Gasteiger partial charge in [-0.3, -0.25) is 9.59 Å². The molecule has 6 heteroatoms. The molecule has 2 amide bonds. The fourth-order valence-electron chi connectivity index (χ4n) is 2.45. The fourth-order valence-corrected chi connectivity index (χ4v) is 2.45. The van der Waals surface area contributed by atoms with E-state index in [4.69, 9.17) is 5.73 Å². The van der Waals surface area contributed by atoms with Crippen molar-refractivity contribution in [1.29, 1.82) is 0 Å². The van der Waals surface area contributed by atoms with E-state index in [-0.39, 0.29) is 23.5 Å². The average molecular weight is 307 g/mol. The van der Waals surface area contributed by atoms with Gasteiger partial charge in [0.15, 0.2) is 0 Å². The third kappa shape index (κ3) is 3.44. The maximum Gasteiger partial charge on any atom is 0.254 e. The summed E-state index contributed by atoms with van der Waals surface area (Å²) in [7, 11) is 0. The number of nitrogens with two attached hydrogens (primary N) is 1. The molecule has 0 bridgehead atoms. The first-order valence-electron chi connectivity index (χ1n) is 7.48. The zero-order valence-electron chi connectivity index (χ0n) is 13.0. The minimum Gasteiger partial charge on any atom is -0.339 e. The highest BCUT2D eigenvalue weighted by atomic mass is 19.1. The molecule has 1 aromatic rings. The number of piperazine rings is 1. The first kappa shape index (κ1) is 16.4. The fraction of sp³-hybridized carbons (Fsp3) is 0.500. The number of hydrogen-bond acceptors (Lipinski definition) is 3. The maximum absolute atomic E-state index is 13.6. The number of amides is 2. The Morgan fingerprint density at radius 1 is 1.23 bits per heavy atom. The summed E-state index contributed by atoms with van der Waals surface area (Å²) in [5.41, 5.74) is 6.37. The van der Waals surface area contributed by atoms with Crippen LogP contribution < -0.4 is 5.73 Å². The molecule has 1 aliphatic rings. The molecule has 1 saturated heterocycles. The zero-order valence-corrected chi connectivity index (χ0v) is 13.0. The van der Waals surface area contributed by atoms with Crippen molar-refractivity contribution in [2.24, 2.45) is 11.7 Å². The smallest absolute Gasteiger partial charge is 0.254 e. The van der Waals surface area contributed by atoms with Crippen LogP contribution in [0.4, 0.5) is 4.39 Å². The minimum atomic E-state index is -0.378. The highest BCUT2D eigenvalue weighted by molar-refractivity contribution is 5.94. The molecule has 1 fully saturated rings. The van der Waals surface area contributed by atoms with Crippen LogP contribution in [0.2, 0.25) is 0 Å². The maximum atomic E-state index is 13.6. The molecule has 1 heterocycles. The van der Waals surface area contributed by atoms with Crippen LogP contribution in [0.15, 0.2) is 18.2 Å². The van der Waals surface area contributed by atoms with Crippen molar-refractivity contribution in [3.8, 4) is 0 Å². The van der Waals surface area contributed by atoms with E-state index < -0.39 is 0 Å². The van der Waals surface area contributed by atoms with Gasteiger partial charge in [-0.15, -0.1) is 0 Å². The number of benzene rings is 1. The van der Waals surface area contributed by atoms with Crippen molar-refractivity contribution in [2.45, 2.75) is 13.8 Å². The second-order valence-corrected chi connectivity index (χ2v) is 5.72. The van der Waals surface area contributed by atoms with Gasteiger partial charge in [-0.1, -0.05) is 13.0 Å². The van der Waals surface area contributed by atoms with Crippen molar-refractivity contribution in [3.05, 3.63) is 35.1 Å². The Balaban J connectivity index is 1.97. The number of rotatable bonds is 3. The molecule has 1 aromatic carbocycles. The molecule has 0 radical (unpaired) electrons. The molecule has 1 unspecified atom stereocenters. The van der Waals surface area contributed by atoms with Crippen molar-refractivity contribution in [3.63, 3.8) is 0 Å². The molecule has 1 atom stereocenters. The minimum absolute atomic E-state index is 0.0241. The van der Waals surface area contributed by atoms with Crippen LogP contribution >= 0.6 is 0 Å². The Bertz CT molecular complexity index is 569. The van der Waals surface area contributed by atoms with E-state index in [1.807, 2.05) is 0 Å². The van der Waals surface area contributed by atoms with Crippen LogP contribution in [0.5, 0.6) is 0 Å². The molecule has 0 saturated carbocycles. The summed E-state index contributed by atoms with van der Waals surface area (Å²) in [6.45, 7) is 5.67. The molecule has 120 valence electrons. The highest BCUT2D eigenvalue weighted by Gasteiger charge is 2.27. The molecule has 0 aliphatic carbocycles. The summed E-state index contributed by atoms with van der Waals surface area (Å²) in [5.74, 6) is -0.751. The van der Waals surface area contributed by atoms with E-state index in [1.165, 1.54) is 6.07 Å². The van der Waals surface area contributed by atoms with Gasteiger partial charge in [0.1, 0.15) is 5.82 Å². The second-order valence-electron chi connectivity index (χ2n) is 5.72. The lowest BCUT2D eigenvalue weighted by Crippen LogP contribution is -2.52. The molecule has 5 nitrogen and oxygen atoms in total. The van der Waals surface area contributed by atoms with Gasteiger partial charge in [0.05, 0.1) is 0 Å². The highest BCUT2D eigenvalue weighted by Crippen LogP contribution is 2.14. The summed E-state index contributed by atoms with van der Waals surface area (Å²) in [6, 6.07) is 4.51. The van der Waals surface area contributed by atoms with Crippen LogP contribution in [0, 0.1) is 18.7 Å². The predicted octanol–water partition coefficient (Wildman–Crippen LogP) is 1.01. The standard InChI is InChI=1S/C16H22FN3O2/c1-11-3-4-13(9-14(11)17)16(22)20-7-5-19(6-8-20)15(21)12(2)10-18/h3-4,9,12H,5-8,10,18H2,1-2H3. The number of carbonyl (C=O) groups excluding carboxylic acids is 2. The van der Waals surface area contributed by atoms with Gasteiger partial charge in [-0.05, 0) is 24.6 Å². The molecular weight excluding hydrogens is 285 g/mol. The largest absolute Gasteiger partial charge is 0.339 e. The van der Waals surface area contributed by atoms with Crippen LogP contribution in [-0.2, 0) is 4.79 Å². The first-order valence-corrected chi connectivity index (χ1v) is 7.48. The SMILES string of the molecule is Cc1ccc(C(=O)N2CCN(C(=O)C(C)CN)CC2)cc1F. The lowest BCUT2D eigenvalue weighted by atomic mass is 10.1. The molecule has 0 aromatic heterocycles. The van der Waals surface area contributed by atoms with E-state index >= 15 is 0 Å². The summed E-state index contributed by atoms with van der Waals surface area (Å²) >= 11 is 0. The summed E-state index contributed by atoms with van der Waals surface area (Å²) in [4.78, 5) is 27.8. The average Bonchev–Trinajstić information content (AvgIpc) is 2.55. The summed E-state index contributed by atoms with van der Waals surface area (Å²) in [5, 5.41) is 0. The number of hydrogen-bond donors (Lipinski definition) is 1. The Labute approximate surface area is 129 Å². The number of halogens is 1. The van der Waals surface area contributed by atoms with Gasteiger partial charge in [-0.2, -0.15) is 0 Å². The van der Waals surface area contributed by atoms with Gasteiger partial charge < -0.3 is 15.5 Å². The van der Waals surface area contributed by atoms with Crippen molar-refractivity contribution in [2.75, 3.05) is 32.7 Å². The molecule has 2 rings (SSSR count). The monoisotopic (exact) mass is 307 g/mol. The van der Waals surface area contributed by atoms with Gasteiger partial charge in [0.25, 0.3) is 5.91 Å². The lowest BCUT2D eigenvalue weighted by Gasteiger charge is -2.36. The normalized spacial score (nSPS) is 16.5. The Kier molecular flexibility index (Phi) is 5.13. The van der Waals surface area contributed by atoms with Gasteiger partial charge in [-0.25, -0.2) is 4.39 Å². The van der Waals surface area contributed by atoms with Crippen molar-refractivity contribution >= 4 is 11.8 Å². The van der Waals surface area contributed by atoms with Crippen LogP contribution in [0.1, 0.15) is 22.8 Å². The summed E-state index contributed by atoms with van der Waals surface area (Å²) < 4.78 is 13.6. The van der Waals surface area contributed by atoms with Gasteiger partial charge in [0, 0.05) is 44.2 Å².